The summed E-state index contributed by atoms with van der Waals surface area (Å²) in [4.78, 5) is 35.1. The van der Waals surface area contributed by atoms with Crippen LogP contribution < -0.4 is 15.8 Å². The van der Waals surface area contributed by atoms with Gasteiger partial charge in [-0.2, -0.15) is 0 Å². The standard InChI is InChI=1S/C20H22N2O5/c1-2-20(19(25)26,15-6-4-3-5-7-15)13-22-18(24)14-8-10-16(11-9-14)27-12-17(21)23/h3-11H,2,12-13H2,1H3,(H2,21,23)(H,22,24)(H,25,26). The molecule has 2 aromatic rings. The maximum atomic E-state index is 12.4. The normalized spacial score (nSPS) is 12.6. The van der Waals surface area contributed by atoms with Crippen molar-refractivity contribution in [3.05, 3.63) is 65.7 Å². The van der Waals surface area contributed by atoms with Crippen LogP contribution in [0.1, 0.15) is 29.3 Å². The molecule has 0 bridgehead atoms. The van der Waals surface area contributed by atoms with Crippen LogP contribution in [0.4, 0.5) is 0 Å². The zero-order chi connectivity index (χ0) is 19.9. The van der Waals surface area contributed by atoms with Gasteiger partial charge in [-0.3, -0.25) is 14.4 Å². The van der Waals surface area contributed by atoms with Crippen molar-refractivity contribution in [1.82, 2.24) is 5.32 Å². The number of carboxylic acids is 1. The van der Waals surface area contributed by atoms with Gasteiger partial charge in [-0.05, 0) is 36.2 Å². The van der Waals surface area contributed by atoms with Gasteiger partial charge in [0.1, 0.15) is 11.2 Å². The number of benzene rings is 2. The van der Waals surface area contributed by atoms with Gasteiger partial charge in [0.2, 0.25) is 0 Å². The number of rotatable bonds is 9. The number of amides is 2. The Kier molecular flexibility index (Phi) is 6.54. The molecule has 0 radical (unpaired) electrons. The van der Waals surface area contributed by atoms with Crippen LogP contribution in [0, 0.1) is 0 Å². The van der Waals surface area contributed by atoms with Gasteiger partial charge in [0.05, 0.1) is 0 Å². The summed E-state index contributed by atoms with van der Waals surface area (Å²) in [5.74, 6) is -1.58. The van der Waals surface area contributed by atoms with Crippen LogP contribution in [0.3, 0.4) is 0 Å². The first-order valence-electron chi connectivity index (χ1n) is 8.47. The molecule has 2 rings (SSSR count). The molecule has 27 heavy (non-hydrogen) atoms. The van der Waals surface area contributed by atoms with Crippen molar-refractivity contribution in [2.45, 2.75) is 18.8 Å². The molecule has 0 aliphatic carbocycles. The van der Waals surface area contributed by atoms with E-state index in [4.69, 9.17) is 10.5 Å². The number of ether oxygens (including phenoxy) is 1. The van der Waals surface area contributed by atoms with Crippen molar-refractivity contribution in [3.8, 4) is 5.75 Å². The van der Waals surface area contributed by atoms with Gasteiger partial charge >= 0.3 is 5.97 Å². The number of aliphatic carboxylic acids is 1. The number of nitrogens with one attached hydrogen (secondary N) is 1. The zero-order valence-electron chi connectivity index (χ0n) is 15.0. The minimum atomic E-state index is -1.21. The Hall–Kier alpha value is -3.35. The van der Waals surface area contributed by atoms with E-state index in [0.29, 0.717) is 23.3 Å². The third-order valence-electron chi connectivity index (χ3n) is 4.39. The summed E-state index contributed by atoms with van der Waals surface area (Å²) in [6.07, 6.45) is 0.326. The molecule has 0 saturated heterocycles. The SMILES string of the molecule is CCC(CNC(=O)c1ccc(OCC(N)=O)cc1)(C(=O)O)c1ccccc1. The molecule has 142 valence electrons. The third kappa shape index (κ3) is 4.84. The van der Waals surface area contributed by atoms with Gasteiger partial charge in [-0.1, -0.05) is 37.3 Å². The quantitative estimate of drug-likeness (QED) is 0.621. The van der Waals surface area contributed by atoms with E-state index in [-0.39, 0.29) is 13.2 Å². The fourth-order valence-electron chi connectivity index (χ4n) is 2.73. The molecule has 0 spiro atoms. The van der Waals surface area contributed by atoms with Crippen LogP contribution in [-0.4, -0.2) is 36.0 Å². The second-order valence-corrected chi connectivity index (χ2v) is 6.07. The van der Waals surface area contributed by atoms with E-state index >= 15 is 0 Å². The molecule has 1 atom stereocenters. The van der Waals surface area contributed by atoms with Crippen LogP contribution in [0.15, 0.2) is 54.6 Å². The smallest absolute Gasteiger partial charge is 0.315 e. The Labute approximate surface area is 157 Å². The Bertz CT molecular complexity index is 805. The highest BCUT2D eigenvalue weighted by atomic mass is 16.5. The van der Waals surface area contributed by atoms with Crippen molar-refractivity contribution < 1.29 is 24.2 Å². The molecule has 0 aliphatic rings. The van der Waals surface area contributed by atoms with E-state index in [1.807, 2.05) is 6.07 Å². The van der Waals surface area contributed by atoms with Crippen LogP contribution in [0.5, 0.6) is 5.75 Å². The predicted octanol–water partition coefficient (Wildman–Crippen LogP) is 1.71. The van der Waals surface area contributed by atoms with Gasteiger partial charge in [0.15, 0.2) is 6.61 Å². The molecule has 7 nitrogen and oxygen atoms in total. The van der Waals surface area contributed by atoms with Crippen LogP contribution in [0.25, 0.3) is 0 Å². The number of carboxylic acid groups (broad SMARTS) is 1. The first-order valence-corrected chi connectivity index (χ1v) is 8.47. The lowest BCUT2D eigenvalue weighted by molar-refractivity contribution is -0.143. The summed E-state index contributed by atoms with van der Waals surface area (Å²) < 4.78 is 5.14. The number of hydrogen-bond donors (Lipinski definition) is 3. The highest BCUT2D eigenvalue weighted by Crippen LogP contribution is 2.28. The van der Waals surface area contributed by atoms with Gasteiger partial charge in [-0.25, -0.2) is 0 Å². The largest absolute Gasteiger partial charge is 0.484 e. The lowest BCUT2D eigenvalue weighted by atomic mass is 9.78. The number of hydrogen-bond acceptors (Lipinski definition) is 4. The summed E-state index contributed by atoms with van der Waals surface area (Å²) in [5.41, 5.74) is 4.79. The molecule has 0 aromatic heterocycles. The minimum Gasteiger partial charge on any atom is -0.484 e. The fraction of sp³-hybridized carbons (Fsp3) is 0.250. The monoisotopic (exact) mass is 370 g/mol. The number of primary amides is 1. The lowest BCUT2D eigenvalue weighted by Crippen LogP contribution is -2.46. The van der Waals surface area contributed by atoms with Crippen molar-refractivity contribution in [3.63, 3.8) is 0 Å². The van der Waals surface area contributed by atoms with Crippen molar-refractivity contribution in [2.75, 3.05) is 13.2 Å². The summed E-state index contributed by atoms with van der Waals surface area (Å²) in [7, 11) is 0. The molecule has 7 heteroatoms. The highest BCUT2D eigenvalue weighted by Gasteiger charge is 2.39. The molecule has 0 fully saturated rings. The molecular weight excluding hydrogens is 348 g/mol. The summed E-state index contributed by atoms with van der Waals surface area (Å²) in [6, 6.07) is 15.0. The highest BCUT2D eigenvalue weighted by molar-refractivity contribution is 5.95. The molecule has 2 aromatic carbocycles. The zero-order valence-corrected chi connectivity index (χ0v) is 15.0. The molecule has 1 unspecified atom stereocenters. The predicted molar refractivity (Wildman–Crippen MR) is 99.5 cm³/mol. The van der Waals surface area contributed by atoms with E-state index in [0.717, 1.165) is 0 Å². The lowest BCUT2D eigenvalue weighted by Gasteiger charge is -2.29. The molecule has 0 aliphatic heterocycles. The summed E-state index contributed by atoms with van der Waals surface area (Å²) >= 11 is 0. The van der Waals surface area contributed by atoms with Crippen molar-refractivity contribution >= 4 is 17.8 Å². The molecular formula is C20H22N2O5. The summed E-state index contributed by atoms with van der Waals surface area (Å²) in [6.45, 7) is 1.49. The number of carbonyl (C=O) groups is 3. The fourth-order valence-corrected chi connectivity index (χ4v) is 2.73. The molecule has 4 N–H and O–H groups in total. The molecule has 2 amide bonds. The van der Waals surface area contributed by atoms with E-state index < -0.39 is 23.2 Å². The number of nitrogens with two attached hydrogens (primary N) is 1. The second kappa shape index (κ2) is 8.84. The van der Waals surface area contributed by atoms with Crippen molar-refractivity contribution in [1.29, 1.82) is 0 Å². The van der Waals surface area contributed by atoms with Crippen LogP contribution in [0.2, 0.25) is 0 Å². The van der Waals surface area contributed by atoms with Crippen molar-refractivity contribution in [2.24, 2.45) is 5.73 Å². The van der Waals surface area contributed by atoms with Gasteiger partial charge < -0.3 is 20.9 Å². The minimum absolute atomic E-state index is 0.0401. The Morgan fingerprint density at radius 3 is 2.22 bits per heavy atom. The van der Waals surface area contributed by atoms with E-state index in [9.17, 15) is 19.5 Å². The van der Waals surface area contributed by atoms with Gasteiger partial charge in [-0.15, -0.1) is 0 Å². The van der Waals surface area contributed by atoms with E-state index in [1.165, 1.54) is 12.1 Å². The topological polar surface area (TPSA) is 119 Å². The maximum Gasteiger partial charge on any atom is 0.315 e. The Balaban J connectivity index is 2.10. The number of carbonyl (C=O) groups excluding carboxylic acids is 2. The second-order valence-electron chi connectivity index (χ2n) is 6.07. The van der Waals surface area contributed by atoms with Gasteiger partial charge in [0.25, 0.3) is 11.8 Å². The van der Waals surface area contributed by atoms with Crippen LogP contribution in [-0.2, 0) is 15.0 Å². The molecule has 0 heterocycles. The Morgan fingerprint density at radius 1 is 1.07 bits per heavy atom. The summed E-state index contributed by atoms with van der Waals surface area (Å²) in [5, 5.41) is 12.5. The van der Waals surface area contributed by atoms with E-state index in [1.54, 1.807) is 43.3 Å². The average molecular weight is 370 g/mol. The molecule has 0 saturated carbocycles. The van der Waals surface area contributed by atoms with E-state index in [2.05, 4.69) is 5.32 Å². The van der Waals surface area contributed by atoms with Crippen LogP contribution >= 0.6 is 0 Å². The third-order valence-corrected chi connectivity index (χ3v) is 4.39. The maximum absolute atomic E-state index is 12.4. The Morgan fingerprint density at radius 2 is 1.70 bits per heavy atom. The average Bonchev–Trinajstić information content (AvgIpc) is 2.68. The first kappa shape index (κ1) is 20.0. The van der Waals surface area contributed by atoms with Gasteiger partial charge in [0, 0.05) is 12.1 Å². The first-order chi connectivity index (χ1) is 12.9.